The maximum atomic E-state index is 12.2. The molecule has 1 aromatic rings. The molecule has 0 saturated heterocycles. The van der Waals surface area contributed by atoms with Crippen molar-refractivity contribution in [2.75, 3.05) is 11.9 Å². The molecule has 2 rings (SSSR count). The lowest BCUT2D eigenvalue weighted by molar-refractivity contribution is -0.121. The average molecular weight is 228 g/mol. The van der Waals surface area contributed by atoms with E-state index in [1.165, 1.54) is 5.56 Å². The molecule has 0 unspecified atom stereocenters. The molecule has 0 spiro atoms. The average Bonchev–Trinajstić information content (AvgIpc) is 3.12. The van der Waals surface area contributed by atoms with Gasteiger partial charge < -0.3 is 4.90 Å². The van der Waals surface area contributed by atoms with E-state index in [1.54, 1.807) is 11.9 Å². The molecule has 0 bridgehead atoms. The lowest BCUT2D eigenvalue weighted by Gasteiger charge is -2.20. The number of nitriles is 1. The van der Waals surface area contributed by atoms with Crippen LogP contribution in [-0.2, 0) is 4.79 Å². The standard InChI is InChI=1S/C14H16N2O/c1-10-4-5-12(8-11(10)2)16(3)13(17)14(9-15)6-7-14/h4-5,8H,6-7H2,1-3H3. The van der Waals surface area contributed by atoms with Gasteiger partial charge in [-0.15, -0.1) is 0 Å². The smallest absolute Gasteiger partial charge is 0.247 e. The maximum absolute atomic E-state index is 12.2. The fraction of sp³-hybridized carbons (Fsp3) is 0.429. The topological polar surface area (TPSA) is 44.1 Å². The number of rotatable bonds is 2. The lowest BCUT2D eigenvalue weighted by Crippen LogP contribution is -2.33. The number of nitrogens with zero attached hydrogens (tertiary/aromatic N) is 2. The Balaban J connectivity index is 2.26. The van der Waals surface area contributed by atoms with E-state index >= 15 is 0 Å². The molecule has 0 heterocycles. The summed E-state index contributed by atoms with van der Waals surface area (Å²) in [4.78, 5) is 13.8. The van der Waals surface area contributed by atoms with Crippen LogP contribution in [0.25, 0.3) is 0 Å². The van der Waals surface area contributed by atoms with E-state index in [2.05, 4.69) is 6.07 Å². The summed E-state index contributed by atoms with van der Waals surface area (Å²) in [6.45, 7) is 4.06. The van der Waals surface area contributed by atoms with Crippen molar-refractivity contribution in [2.24, 2.45) is 5.41 Å². The molecule has 1 fully saturated rings. The molecule has 0 N–H and O–H groups in total. The summed E-state index contributed by atoms with van der Waals surface area (Å²) in [5.41, 5.74) is 2.48. The Morgan fingerprint density at radius 1 is 1.35 bits per heavy atom. The monoisotopic (exact) mass is 228 g/mol. The van der Waals surface area contributed by atoms with Crippen molar-refractivity contribution in [1.29, 1.82) is 5.26 Å². The highest BCUT2D eigenvalue weighted by Gasteiger charge is 2.52. The van der Waals surface area contributed by atoms with Crippen molar-refractivity contribution < 1.29 is 4.79 Å². The molecule has 88 valence electrons. The first kappa shape index (κ1) is 11.7. The van der Waals surface area contributed by atoms with Crippen LogP contribution in [0.1, 0.15) is 24.0 Å². The van der Waals surface area contributed by atoms with Crippen LogP contribution in [0.5, 0.6) is 0 Å². The van der Waals surface area contributed by atoms with E-state index in [4.69, 9.17) is 5.26 Å². The van der Waals surface area contributed by atoms with Gasteiger partial charge in [-0.3, -0.25) is 4.79 Å². The maximum Gasteiger partial charge on any atom is 0.247 e. The highest BCUT2D eigenvalue weighted by Crippen LogP contribution is 2.46. The molecule has 1 saturated carbocycles. The molecule has 3 nitrogen and oxygen atoms in total. The number of hydrogen-bond acceptors (Lipinski definition) is 2. The molecule has 1 aliphatic rings. The first-order valence-electron chi connectivity index (χ1n) is 5.77. The normalized spacial score (nSPS) is 16.1. The first-order valence-corrected chi connectivity index (χ1v) is 5.77. The Morgan fingerprint density at radius 3 is 2.47 bits per heavy atom. The third kappa shape index (κ3) is 1.91. The zero-order valence-corrected chi connectivity index (χ0v) is 10.4. The van der Waals surface area contributed by atoms with Gasteiger partial charge in [-0.25, -0.2) is 0 Å². The number of aryl methyl sites for hydroxylation is 2. The summed E-state index contributed by atoms with van der Waals surface area (Å²) in [6.07, 6.45) is 1.38. The Hall–Kier alpha value is -1.82. The van der Waals surface area contributed by atoms with E-state index in [-0.39, 0.29) is 5.91 Å². The number of carbonyl (C=O) groups excluding carboxylic acids is 1. The van der Waals surface area contributed by atoms with Crippen molar-refractivity contribution in [2.45, 2.75) is 26.7 Å². The minimum absolute atomic E-state index is 0.0803. The highest BCUT2D eigenvalue weighted by molar-refractivity contribution is 6.00. The third-order valence-electron chi connectivity index (χ3n) is 3.56. The number of carbonyl (C=O) groups is 1. The quantitative estimate of drug-likeness (QED) is 0.780. The van der Waals surface area contributed by atoms with Crippen LogP contribution in [0, 0.1) is 30.6 Å². The van der Waals surface area contributed by atoms with Gasteiger partial charge in [0.15, 0.2) is 0 Å². The van der Waals surface area contributed by atoms with Gasteiger partial charge in [0.1, 0.15) is 5.41 Å². The van der Waals surface area contributed by atoms with Gasteiger partial charge in [0.05, 0.1) is 6.07 Å². The van der Waals surface area contributed by atoms with Crippen LogP contribution in [0.2, 0.25) is 0 Å². The van der Waals surface area contributed by atoms with Crippen molar-refractivity contribution in [3.63, 3.8) is 0 Å². The van der Waals surface area contributed by atoms with Gasteiger partial charge in [-0.1, -0.05) is 6.07 Å². The van der Waals surface area contributed by atoms with Crippen molar-refractivity contribution in [3.8, 4) is 6.07 Å². The SMILES string of the molecule is Cc1ccc(N(C)C(=O)C2(C#N)CC2)cc1C. The summed E-state index contributed by atoms with van der Waals surface area (Å²) < 4.78 is 0. The van der Waals surface area contributed by atoms with Gasteiger partial charge in [0, 0.05) is 12.7 Å². The molecular weight excluding hydrogens is 212 g/mol. The number of hydrogen-bond donors (Lipinski definition) is 0. The van der Waals surface area contributed by atoms with Crippen LogP contribution in [-0.4, -0.2) is 13.0 Å². The second-order valence-corrected chi connectivity index (χ2v) is 4.83. The van der Waals surface area contributed by atoms with Gasteiger partial charge in [-0.05, 0) is 49.9 Å². The minimum Gasteiger partial charge on any atom is -0.314 e. The molecule has 17 heavy (non-hydrogen) atoms. The molecule has 3 heteroatoms. The zero-order chi connectivity index (χ0) is 12.6. The predicted octanol–water partition coefficient (Wildman–Crippen LogP) is 2.57. The van der Waals surface area contributed by atoms with E-state index in [1.807, 2.05) is 32.0 Å². The predicted molar refractivity (Wildman–Crippen MR) is 66.6 cm³/mol. The largest absolute Gasteiger partial charge is 0.314 e. The highest BCUT2D eigenvalue weighted by atomic mass is 16.2. The summed E-state index contributed by atoms with van der Waals surface area (Å²) in [5, 5.41) is 9.02. The Morgan fingerprint density at radius 2 is 2.00 bits per heavy atom. The van der Waals surface area contributed by atoms with Gasteiger partial charge in [0.2, 0.25) is 5.91 Å². The number of anilines is 1. The van der Waals surface area contributed by atoms with Crippen molar-refractivity contribution >= 4 is 11.6 Å². The van der Waals surface area contributed by atoms with Gasteiger partial charge in [0.25, 0.3) is 0 Å². The Kier molecular flexibility index (Phi) is 2.66. The molecule has 0 radical (unpaired) electrons. The van der Waals surface area contributed by atoms with E-state index in [0.29, 0.717) is 12.8 Å². The van der Waals surface area contributed by atoms with Gasteiger partial charge >= 0.3 is 0 Å². The first-order chi connectivity index (χ1) is 8.00. The Labute approximate surface area is 102 Å². The van der Waals surface area contributed by atoms with Crippen LogP contribution < -0.4 is 4.90 Å². The summed E-state index contributed by atoms with van der Waals surface area (Å²) in [6, 6.07) is 8.05. The fourth-order valence-corrected chi connectivity index (χ4v) is 1.87. The summed E-state index contributed by atoms with van der Waals surface area (Å²) in [5.74, 6) is -0.0803. The molecule has 0 aromatic heterocycles. The van der Waals surface area contributed by atoms with E-state index < -0.39 is 5.41 Å². The molecule has 1 aromatic carbocycles. The molecule has 1 aliphatic carbocycles. The molecule has 0 atom stereocenters. The number of amides is 1. The second-order valence-electron chi connectivity index (χ2n) is 4.83. The molecular formula is C14H16N2O. The number of benzene rings is 1. The Bertz CT molecular complexity index is 509. The van der Waals surface area contributed by atoms with Crippen LogP contribution >= 0.6 is 0 Å². The minimum atomic E-state index is -0.743. The van der Waals surface area contributed by atoms with E-state index in [9.17, 15) is 4.79 Å². The van der Waals surface area contributed by atoms with Crippen LogP contribution in [0.15, 0.2) is 18.2 Å². The molecule has 1 amide bonds. The lowest BCUT2D eigenvalue weighted by atomic mass is 10.1. The summed E-state index contributed by atoms with van der Waals surface area (Å²) >= 11 is 0. The van der Waals surface area contributed by atoms with Gasteiger partial charge in [-0.2, -0.15) is 5.26 Å². The zero-order valence-electron chi connectivity index (χ0n) is 10.4. The van der Waals surface area contributed by atoms with Crippen LogP contribution in [0.4, 0.5) is 5.69 Å². The van der Waals surface area contributed by atoms with E-state index in [0.717, 1.165) is 11.3 Å². The molecule has 0 aliphatic heterocycles. The van der Waals surface area contributed by atoms with Crippen molar-refractivity contribution in [1.82, 2.24) is 0 Å². The fourth-order valence-electron chi connectivity index (χ4n) is 1.87. The van der Waals surface area contributed by atoms with Crippen molar-refractivity contribution in [3.05, 3.63) is 29.3 Å². The summed E-state index contributed by atoms with van der Waals surface area (Å²) in [7, 11) is 1.74. The second kappa shape index (κ2) is 3.89. The van der Waals surface area contributed by atoms with Crippen LogP contribution in [0.3, 0.4) is 0 Å². The third-order valence-corrected chi connectivity index (χ3v) is 3.56.